The number of carbonyl (C=O) groups is 2. The predicted octanol–water partition coefficient (Wildman–Crippen LogP) is 5.68. The fraction of sp³-hybridized carbons (Fsp3) is 0.333. The van der Waals surface area contributed by atoms with Crippen LogP contribution in [-0.4, -0.2) is 47.2 Å². The lowest BCUT2D eigenvalue weighted by atomic mass is 9.91. The van der Waals surface area contributed by atoms with E-state index in [-0.39, 0.29) is 5.91 Å². The molecular weight excluding hydrogens is 457 g/mol. The molecule has 8 heteroatoms. The zero-order valence-corrected chi connectivity index (χ0v) is 19.1. The molecule has 3 aromatic carbocycles. The van der Waals surface area contributed by atoms with Crippen LogP contribution < -0.4 is 5.32 Å². The number of fused-ring (bicyclic) bond motifs is 2. The van der Waals surface area contributed by atoms with Gasteiger partial charge in [0.25, 0.3) is 5.91 Å². The predicted molar refractivity (Wildman–Crippen MR) is 129 cm³/mol. The molecule has 1 amide bonds. The minimum atomic E-state index is -5.08. The number of alkyl halides is 3. The average Bonchev–Trinajstić information content (AvgIpc) is 3.00. The lowest BCUT2D eigenvalue weighted by Crippen LogP contribution is -2.41. The Morgan fingerprint density at radius 2 is 1.54 bits per heavy atom. The van der Waals surface area contributed by atoms with Crippen molar-refractivity contribution in [1.29, 1.82) is 0 Å². The van der Waals surface area contributed by atoms with Gasteiger partial charge in [-0.05, 0) is 71.8 Å². The Morgan fingerprint density at radius 3 is 2.17 bits per heavy atom. The second kappa shape index (κ2) is 10.5. The molecule has 2 aliphatic rings. The zero-order chi connectivity index (χ0) is 25.0. The molecule has 184 valence electrons. The van der Waals surface area contributed by atoms with Gasteiger partial charge in [-0.15, -0.1) is 0 Å². The molecule has 0 aromatic heterocycles. The first-order valence-electron chi connectivity index (χ1n) is 11.7. The fourth-order valence-electron chi connectivity index (χ4n) is 4.47. The van der Waals surface area contributed by atoms with Gasteiger partial charge in [0.05, 0.1) is 0 Å². The molecule has 3 aromatic rings. The molecule has 0 radical (unpaired) electrons. The zero-order valence-electron chi connectivity index (χ0n) is 19.1. The molecule has 35 heavy (non-hydrogen) atoms. The van der Waals surface area contributed by atoms with Gasteiger partial charge < -0.3 is 10.4 Å². The van der Waals surface area contributed by atoms with E-state index in [4.69, 9.17) is 9.90 Å². The number of carbonyl (C=O) groups excluding carboxylic acids is 1. The van der Waals surface area contributed by atoms with Gasteiger partial charge in [-0.1, -0.05) is 42.8 Å². The summed E-state index contributed by atoms with van der Waals surface area (Å²) in [6.45, 7) is 2.31. The number of amides is 1. The number of halogens is 3. The summed E-state index contributed by atoms with van der Waals surface area (Å²) in [4.78, 5) is 24.3. The van der Waals surface area contributed by atoms with Gasteiger partial charge in [0.15, 0.2) is 0 Å². The van der Waals surface area contributed by atoms with Gasteiger partial charge in [-0.2, -0.15) is 13.2 Å². The molecule has 0 spiro atoms. The molecule has 1 aliphatic heterocycles. The van der Waals surface area contributed by atoms with E-state index in [1.807, 2.05) is 36.4 Å². The highest BCUT2D eigenvalue weighted by Crippen LogP contribution is 2.28. The van der Waals surface area contributed by atoms with Gasteiger partial charge in [0.1, 0.15) is 0 Å². The van der Waals surface area contributed by atoms with E-state index >= 15 is 0 Å². The second-order valence-electron chi connectivity index (χ2n) is 8.92. The van der Waals surface area contributed by atoms with Crippen LogP contribution in [0.5, 0.6) is 0 Å². The summed E-state index contributed by atoms with van der Waals surface area (Å²) in [7, 11) is 0. The summed E-state index contributed by atoms with van der Waals surface area (Å²) in [5.74, 6) is -2.80. The van der Waals surface area contributed by atoms with Crippen molar-refractivity contribution in [3.8, 4) is 0 Å². The van der Waals surface area contributed by atoms with Crippen molar-refractivity contribution in [2.24, 2.45) is 0 Å². The van der Waals surface area contributed by atoms with Crippen LogP contribution in [0.25, 0.3) is 10.8 Å². The third-order valence-electron chi connectivity index (χ3n) is 6.65. The van der Waals surface area contributed by atoms with Crippen LogP contribution in [0.2, 0.25) is 0 Å². The van der Waals surface area contributed by atoms with Gasteiger partial charge in [0, 0.05) is 30.4 Å². The molecule has 1 saturated carbocycles. The summed E-state index contributed by atoms with van der Waals surface area (Å²) in [5, 5.41) is 12.5. The molecule has 0 saturated heterocycles. The van der Waals surface area contributed by atoms with Crippen molar-refractivity contribution in [3.63, 3.8) is 0 Å². The van der Waals surface area contributed by atoms with Crippen LogP contribution in [0.1, 0.15) is 40.7 Å². The van der Waals surface area contributed by atoms with Gasteiger partial charge >= 0.3 is 12.1 Å². The van der Waals surface area contributed by atoms with Crippen LogP contribution in [0.3, 0.4) is 0 Å². The lowest BCUT2D eigenvalue weighted by Gasteiger charge is -2.36. The quantitative estimate of drug-likeness (QED) is 0.502. The first-order valence-corrected chi connectivity index (χ1v) is 11.7. The molecule has 0 atom stereocenters. The lowest BCUT2D eigenvalue weighted by molar-refractivity contribution is -0.192. The second-order valence-corrected chi connectivity index (χ2v) is 8.92. The number of rotatable bonds is 3. The molecule has 5 nitrogen and oxygen atoms in total. The van der Waals surface area contributed by atoms with Crippen LogP contribution in [0.4, 0.5) is 18.9 Å². The van der Waals surface area contributed by atoms with Crippen molar-refractivity contribution in [1.82, 2.24) is 4.90 Å². The molecule has 1 aliphatic carbocycles. The van der Waals surface area contributed by atoms with E-state index in [1.165, 1.54) is 36.9 Å². The Bertz CT molecular complexity index is 1220. The van der Waals surface area contributed by atoms with E-state index in [1.54, 1.807) is 0 Å². The topological polar surface area (TPSA) is 69.6 Å². The van der Waals surface area contributed by atoms with Crippen molar-refractivity contribution in [2.75, 3.05) is 18.4 Å². The number of anilines is 1. The maximum absolute atomic E-state index is 12.8. The highest BCUT2D eigenvalue weighted by atomic mass is 19.4. The summed E-state index contributed by atoms with van der Waals surface area (Å²) >= 11 is 0. The molecular formula is C27H27F3N2O3. The summed E-state index contributed by atoms with van der Waals surface area (Å²) in [6, 6.07) is 21.2. The molecule has 0 bridgehead atoms. The maximum Gasteiger partial charge on any atom is 0.490 e. The van der Waals surface area contributed by atoms with Crippen LogP contribution in [0, 0.1) is 0 Å². The maximum atomic E-state index is 12.8. The van der Waals surface area contributed by atoms with E-state index in [9.17, 15) is 18.0 Å². The molecule has 1 heterocycles. The Balaban J connectivity index is 0.000000364. The Hall–Kier alpha value is -3.39. The van der Waals surface area contributed by atoms with Crippen molar-refractivity contribution < 1.29 is 27.9 Å². The van der Waals surface area contributed by atoms with Crippen molar-refractivity contribution in [2.45, 2.75) is 44.3 Å². The Labute approximate surface area is 201 Å². The largest absolute Gasteiger partial charge is 0.490 e. The summed E-state index contributed by atoms with van der Waals surface area (Å²) in [6.07, 6.45) is 1.22. The molecule has 0 unspecified atom stereocenters. The van der Waals surface area contributed by atoms with Crippen molar-refractivity contribution >= 4 is 28.3 Å². The molecule has 5 rings (SSSR count). The molecule has 1 fully saturated rings. The number of nitrogens with one attached hydrogen (secondary N) is 1. The van der Waals surface area contributed by atoms with Gasteiger partial charge in [-0.3, -0.25) is 9.69 Å². The minimum absolute atomic E-state index is 0.0459. The normalized spacial score (nSPS) is 16.3. The number of carboxylic acids is 1. The van der Waals surface area contributed by atoms with E-state index < -0.39 is 12.1 Å². The number of aliphatic carboxylic acids is 1. The number of benzene rings is 3. The smallest absolute Gasteiger partial charge is 0.475 e. The van der Waals surface area contributed by atoms with E-state index in [0.717, 1.165) is 41.9 Å². The average molecular weight is 485 g/mol. The summed E-state index contributed by atoms with van der Waals surface area (Å²) < 4.78 is 31.7. The van der Waals surface area contributed by atoms with Gasteiger partial charge in [-0.25, -0.2) is 4.79 Å². The number of hydrogen-bond acceptors (Lipinski definition) is 3. The van der Waals surface area contributed by atoms with E-state index in [2.05, 4.69) is 34.5 Å². The minimum Gasteiger partial charge on any atom is -0.475 e. The third kappa shape index (κ3) is 6.19. The van der Waals surface area contributed by atoms with Crippen LogP contribution >= 0.6 is 0 Å². The Morgan fingerprint density at radius 1 is 0.886 bits per heavy atom. The van der Waals surface area contributed by atoms with Crippen molar-refractivity contribution in [3.05, 3.63) is 77.4 Å². The molecule has 2 N–H and O–H groups in total. The van der Waals surface area contributed by atoms with E-state index in [0.29, 0.717) is 5.56 Å². The number of hydrogen-bond donors (Lipinski definition) is 2. The highest BCUT2D eigenvalue weighted by Gasteiger charge is 2.38. The Kier molecular flexibility index (Phi) is 7.40. The van der Waals surface area contributed by atoms with Crippen LogP contribution in [-0.2, 0) is 17.6 Å². The van der Waals surface area contributed by atoms with Crippen LogP contribution in [0.15, 0.2) is 60.7 Å². The monoisotopic (exact) mass is 484 g/mol. The number of nitrogens with zero attached hydrogens (tertiary/aromatic N) is 1. The third-order valence-corrected chi connectivity index (χ3v) is 6.65. The number of carboxylic acid groups (broad SMARTS) is 1. The fourth-order valence-corrected chi connectivity index (χ4v) is 4.47. The first kappa shape index (κ1) is 24.7. The SMILES string of the molecule is O=C(Nc1ccc2c(c1)CCN(C1CCC1)CC2)c1ccc2ccccc2c1.O=C(O)C(F)(F)F. The van der Waals surface area contributed by atoms with Gasteiger partial charge in [0.2, 0.25) is 0 Å². The standard InChI is InChI=1S/C25H26N2O.C2HF3O2/c28-25(22-9-8-18-4-1-2-5-20(18)16-22)26-23-11-10-19-12-14-27(24-6-3-7-24)15-13-21(19)17-23;3-2(4,5)1(6)7/h1-2,4-5,8-11,16-17,24H,3,6-7,12-15H2,(H,26,28);(H,6,7). The highest BCUT2D eigenvalue weighted by molar-refractivity contribution is 6.06. The first-order chi connectivity index (χ1) is 16.7. The summed E-state index contributed by atoms with van der Waals surface area (Å²) in [5.41, 5.74) is 4.42.